The van der Waals surface area contributed by atoms with Crippen LogP contribution in [0.1, 0.15) is 91.7 Å². The minimum absolute atomic E-state index is 0.0706. The molecule has 0 saturated carbocycles. The lowest BCUT2D eigenvalue weighted by atomic mass is 9.66. The van der Waals surface area contributed by atoms with Crippen molar-refractivity contribution in [3.05, 3.63) is 26.6 Å². The van der Waals surface area contributed by atoms with Gasteiger partial charge in [-0.05, 0) is 65.7 Å². The first kappa shape index (κ1) is 35.6. The molecule has 10 nitrogen and oxygen atoms in total. The number of benzene rings is 1. The fraction of sp³-hybridized carbons (Fsp3) is 0.750. The smallest absolute Gasteiger partial charge is 0.311 e. The van der Waals surface area contributed by atoms with Gasteiger partial charge in [-0.2, -0.15) is 0 Å². The lowest BCUT2D eigenvalue weighted by Gasteiger charge is -2.61. The number of halogens is 2. The molecule has 0 amide bonds. The molecule has 3 saturated heterocycles. The van der Waals surface area contributed by atoms with Crippen molar-refractivity contribution in [1.82, 2.24) is 0 Å². The lowest BCUT2D eigenvalue weighted by Crippen LogP contribution is -2.68. The molecule has 3 heterocycles. The highest BCUT2D eigenvalue weighted by molar-refractivity contribution is 9.11. The van der Waals surface area contributed by atoms with Gasteiger partial charge in [0.15, 0.2) is 11.6 Å². The van der Waals surface area contributed by atoms with Gasteiger partial charge < -0.3 is 39.0 Å². The van der Waals surface area contributed by atoms with Crippen molar-refractivity contribution in [3.63, 3.8) is 0 Å². The van der Waals surface area contributed by atoms with Crippen LogP contribution in [0.5, 0.6) is 5.75 Å². The Kier molecular flexibility index (Phi) is 10.9. The summed E-state index contributed by atoms with van der Waals surface area (Å²) in [4.78, 5) is 26.2. The minimum Gasteiger partial charge on any atom is -0.507 e. The molecule has 1 spiro atoms. The van der Waals surface area contributed by atoms with Gasteiger partial charge in [-0.25, -0.2) is 0 Å². The van der Waals surface area contributed by atoms with Gasteiger partial charge >= 0.3 is 11.9 Å². The van der Waals surface area contributed by atoms with E-state index in [4.69, 9.17) is 23.7 Å². The molecule has 1 aromatic carbocycles. The summed E-state index contributed by atoms with van der Waals surface area (Å²) in [6.07, 6.45) is -2.51. The van der Waals surface area contributed by atoms with Gasteiger partial charge in [-0.15, -0.1) is 0 Å². The normalized spacial score (nSPS) is 36.2. The van der Waals surface area contributed by atoms with Gasteiger partial charge in [0.25, 0.3) is 0 Å². The number of aliphatic hydroxyl groups is 2. The number of carbonyl (C=O) groups is 2. The van der Waals surface area contributed by atoms with E-state index in [-0.39, 0.29) is 36.5 Å². The number of phenolic OH excluding ortho intramolecular Hbond substituents is 1. The number of phenols is 1. The van der Waals surface area contributed by atoms with Crippen LogP contribution in [0.25, 0.3) is 0 Å². The van der Waals surface area contributed by atoms with Gasteiger partial charge in [0, 0.05) is 35.3 Å². The van der Waals surface area contributed by atoms with Gasteiger partial charge in [-0.1, -0.05) is 50.5 Å². The topological polar surface area (TPSA) is 141 Å². The number of cyclic esters (lactones) is 1. The largest absolute Gasteiger partial charge is 0.507 e. The molecule has 3 N–H and O–H groups in total. The van der Waals surface area contributed by atoms with Gasteiger partial charge in [0.05, 0.1) is 35.6 Å². The highest BCUT2D eigenvalue weighted by Crippen LogP contribution is 2.57. The second kappa shape index (κ2) is 13.4. The number of methoxy groups -OCH3 is 1. The Labute approximate surface area is 276 Å². The molecular weight excluding hydrogens is 704 g/mol. The van der Waals surface area contributed by atoms with E-state index in [2.05, 4.69) is 38.8 Å². The first-order valence-electron chi connectivity index (χ1n) is 15.3. The first-order valence-corrected chi connectivity index (χ1v) is 16.9. The Morgan fingerprint density at radius 3 is 2.36 bits per heavy atom. The summed E-state index contributed by atoms with van der Waals surface area (Å²) in [6, 6.07) is 3.46. The average molecular weight is 751 g/mol. The van der Waals surface area contributed by atoms with E-state index >= 15 is 0 Å². The average Bonchev–Trinajstić information content (AvgIpc) is 2.91. The highest BCUT2D eigenvalue weighted by Gasteiger charge is 2.64. The summed E-state index contributed by atoms with van der Waals surface area (Å²) < 4.78 is 32.2. The van der Waals surface area contributed by atoms with Crippen LogP contribution in [0, 0.1) is 23.2 Å². The van der Waals surface area contributed by atoms with E-state index in [9.17, 15) is 24.9 Å². The Hall–Kier alpha value is -1.28. The van der Waals surface area contributed by atoms with Crippen LogP contribution in [-0.2, 0) is 33.3 Å². The molecule has 0 aromatic heterocycles. The monoisotopic (exact) mass is 748 g/mol. The van der Waals surface area contributed by atoms with Crippen molar-refractivity contribution in [2.45, 2.75) is 122 Å². The number of aromatic hydroxyl groups is 1. The van der Waals surface area contributed by atoms with E-state index in [1.807, 2.05) is 27.7 Å². The molecular formula is C32H46Br2O10. The number of esters is 2. The molecule has 3 aliphatic heterocycles. The molecule has 12 heteroatoms. The number of hydrogen-bond acceptors (Lipinski definition) is 10. The number of hydrogen-bond donors (Lipinski definition) is 3. The zero-order valence-electron chi connectivity index (χ0n) is 26.5. The van der Waals surface area contributed by atoms with E-state index in [1.165, 1.54) is 6.92 Å². The lowest BCUT2D eigenvalue weighted by molar-refractivity contribution is -0.452. The molecule has 10 atom stereocenters. The molecule has 0 radical (unpaired) electrons. The van der Waals surface area contributed by atoms with Gasteiger partial charge in [0.2, 0.25) is 0 Å². The van der Waals surface area contributed by atoms with Crippen molar-refractivity contribution in [2.75, 3.05) is 7.11 Å². The first-order chi connectivity index (χ1) is 20.4. The molecule has 44 heavy (non-hydrogen) atoms. The fourth-order valence-corrected chi connectivity index (χ4v) is 8.28. The number of aliphatic hydroxyl groups excluding tert-OH is 1. The van der Waals surface area contributed by atoms with E-state index in [1.54, 1.807) is 19.2 Å². The summed E-state index contributed by atoms with van der Waals surface area (Å²) in [5, 5.41) is 32.4. The predicted octanol–water partition coefficient (Wildman–Crippen LogP) is 5.91. The van der Waals surface area contributed by atoms with Crippen LogP contribution in [0.15, 0.2) is 21.1 Å². The third-order valence-corrected chi connectivity index (χ3v) is 11.2. The summed E-state index contributed by atoms with van der Waals surface area (Å²) in [6.45, 7) is 11.3. The molecule has 248 valence electrons. The van der Waals surface area contributed by atoms with Crippen molar-refractivity contribution in [2.24, 2.45) is 23.2 Å². The molecule has 0 unspecified atom stereocenters. The fourth-order valence-electron chi connectivity index (χ4n) is 7.03. The maximum atomic E-state index is 13.2. The van der Waals surface area contributed by atoms with Crippen LogP contribution >= 0.6 is 31.9 Å². The second-order valence-electron chi connectivity index (χ2n) is 13.6. The number of fused-ring (bicyclic) bond motifs is 2. The molecule has 3 aliphatic rings. The van der Waals surface area contributed by atoms with Crippen molar-refractivity contribution in [3.8, 4) is 5.75 Å². The number of carbonyl (C=O) groups excluding carboxylic acids is 2. The second-order valence-corrected chi connectivity index (χ2v) is 15.3. The Morgan fingerprint density at radius 1 is 1.05 bits per heavy atom. The zero-order chi connectivity index (χ0) is 32.8. The standard InChI is InChI=1S/C32H46Br2O10/c1-16(8-9-24(40-7)20-10-23(36)22(34)11-21(20)33)29-18(3)26-14-32(43-29)30(5,6)13-17(2)31(39,44-32)15-28(38)41-25(19(4)35)12-27(37)42-26/h10-11,16-19,24-26,29,35-36,39H,8-9,12-15H2,1-7H3/t16-,17+,18-,19+,24-,25+,26-,29+,31-,32-/m0/s1. The molecule has 3 bridgehead atoms. The maximum absolute atomic E-state index is 13.2. The van der Waals surface area contributed by atoms with Crippen LogP contribution in [0.3, 0.4) is 0 Å². The summed E-state index contributed by atoms with van der Waals surface area (Å²) in [7, 11) is 1.63. The van der Waals surface area contributed by atoms with E-state index in [0.29, 0.717) is 23.7 Å². The van der Waals surface area contributed by atoms with Crippen LogP contribution in [-0.4, -0.2) is 70.4 Å². The van der Waals surface area contributed by atoms with Crippen LogP contribution in [0.2, 0.25) is 0 Å². The summed E-state index contributed by atoms with van der Waals surface area (Å²) >= 11 is 6.92. The number of rotatable bonds is 7. The maximum Gasteiger partial charge on any atom is 0.311 e. The van der Waals surface area contributed by atoms with E-state index in [0.717, 1.165) is 10.0 Å². The number of ether oxygens (including phenoxy) is 5. The summed E-state index contributed by atoms with van der Waals surface area (Å²) in [5.74, 6) is -5.28. The Morgan fingerprint density at radius 2 is 1.73 bits per heavy atom. The SMILES string of the molecule is CO[C@@H](CC[C@H](C)[C@H]1O[C@@]23C[C@H](OC(=O)C[C@H]([C@@H](C)O)OC(=O)C[C@](O)(O2)[C@H](C)CC3(C)C)[C@@H]1C)c1cc(O)c(Br)cc1Br. The summed E-state index contributed by atoms with van der Waals surface area (Å²) in [5.41, 5.74) is 0.193. The Balaban J connectivity index is 1.67. The van der Waals surface area contributed by atoms with Gasteiger partial charge in [-0.3, -0.25) is 9.59 Å². The Bertz CT molecular complexity index is 1220. The van der Waals surface area contributed by atoms with Crippen LogP contribution in [0.4, 0.5) is 0 Å². The molecule has 1 aromatic rings. The van der Waals surface area contributed by atoms with Crippen molar-refractivity contribution < 1.29 is 48.6 Å². The van der Waals surface area contributed by atoms with E-state index < -0.39 is 65.7 Å². The molecule has 0 aliphatic carbocycles. The van der Waals surface area contributed by atoms with Crippen LogP contribution < -0.4 is 0 Å². The highest BCUT2D eigenvalue weighted by atomic mass is 79.9. The quantitative estimate of drug-likeness (QED) is 0.288. The third-order valence-electron chi connectivity index (χ3n) is 9.87. The van der Waals surface area contributed by atoms with Gasteiger partial charge in [0.1, 0.15) is 18.0 Å². The van der Waals surface area contributed by atoms with Crippen molar-refractivity contribution in [1.29, 1.82) is 0 Å². The van der Waals surface area contributed by atoms with Crippen molar-refractivity contribution >= 4 is 43.8 Å². The predicted molar refractivity (Wildman–Crippen MR) is 167 cm³/mol. The zero-order valence-corrected chi connectivity index (χ0v) is 29.6. The molecule has 4 rings (SSSR count). The minimum atomic E-state index is -1.89. The third kappa shape index (κ3) is 7.16. The molecule has 3 fully saturated rings.